The first-order valence-electron chi connectivity index (χ1n) is 28.1. The lowest BCUT2D eigenvalue weighted by molar-refractivity contribution is -0.145. The zero-order valence-electron chi connectivity index (χ0n) is 47.8. The van der Waals surface area contributed by atoms with E-state index in [-0.39, 0.29) is 104 Å². The summed E-state index contributed by atoms with van der Waals surface area (Å²) >= 11 is 8.52. The highest BCUT2D eigenvalue weighted by Gasteiger charge is 2.44. The van der Waals surface area contributed by atoms with Gasteiger partial charge >= 0.3 is 6.01 Å². The van der Waals surface area contributed by atoms with Crippen molar-refractivity contribution in [2.24, 2.45) is 11.3 Å². The number of aromatic hydroxyl groups is 1. The lowest BCUT2D eigenvalue weighted by Gasteiger charge is -2.37. The second kappa shape index (κ2) is 26.2. The number of phenolic OH excluding ortho intramolecular Hbond substituents is 1. The zero-order valence-corrected chi connectivity index (χ0v) is 49.4. The molecule has 3 aliphatic heterocycles. The SMILES string of the molecule is C=CC(=O)N1CCN(c2nc(O[C@H](C)CN3CCC(OCCOCC(=O)NC[C@H](C(=O)N4C[C@H](O)C[C@H]4C(=O)N[C@@H](C)c4ccc(-c5scnc5C)cc4)C(C)(C)C)CC3)nc3c(F)c(-c4cc(O)cc5ccccc45)c(Cl)cc23)CC1=C. The van der Waals surface area contributed by atoms with Crippen LogP contribution < -0.4 is 20.3 Å². The van der Waals surface area contributed by atoms with Crippen LogP contribution in [0.1, 0.15) is 71.2 Å². The Hall–Kier alpha value is -7.07. The number of β-amino-alcohol motifs (C(OH)–C–C–N with tert-alkyl or cyclic N) is 1. The molecule has 0 unspecified atom stereocenters. The maximum Gasteiger partial charge on any atom is 0.319 e. The van der Waals surface area contributed by atoms with E-state index in [1.807, 2.05) is 100 Å². The van der Waals surface area contributed by atoms with Crippen LogP contribution in [0, 0.1) is 24.1 Å². The second-order valence-electron chi connectivity index (χ2n) is 22.8. The molecule has 21 heteroatoms. The summed E-state index contributed by atoms with van der Waals surface area (Å²) in [5.74, 6) is -2.42. The topological polar surface area (TPSA) is 212 Å². The largest absolute Gasteiger partial charge is 0.508 e. The summed E-state index contributed by atoms with van der Waals surface area (Å²) in [6.07, 6.45) is 1.51. The van der Waals surface area contributed by atoms with Gasteiger partial charge in [0.15, 0.2) is 5.82 Å². The van der Waals surface area contributed by atoms with Gasteiger partial charge in [-0.25, -0.2) is 9.37 Å². The van der Waals surface area contributed by atoms with Crippen LogP contribution in [0.5, 0.6) is 11.8 Å². The molecule has 6 aromatic rings. The zero-order chi connectivity index (χ0) is 59.3. The molecule has 0 aliphatic carbocycles. The first kappa shape index (κ1) is 60.5. The van der Waals surface area contributed by atoms with E-state index in [0.717, 1.165) is 34.5 Å². The average Bonchev–Trinajstić information content (AvgIpc) is 3.63. The number of aromatic nitrogens is 3. The minimum absolute atomic E-state index is 0.0103. The summed E-state index contributed by atoms with van der Waals surface area (Å²) < 4.78 is 35.5. The fourth-order valence-electron chi connectivity index (χ4n) is 11.2. The maximum absolute atomic E-state index is 17.2. The van der Waals surface area contributed by atoms with Crippen molar-refractivity contribution in [3.05, 3.63) is 119 Å². The molecule has 0 bridgehead atoms. The monoisotopic (exact) mass is 1170 g/mol. The number of nitrogens with zero attached hydrogens (tertiary/aromatic N) is 7. The number of aryl methyl sites for hydroxylation is 1. The number of halogens is 2. The van der Waals surface area contributed by atoms with Crippen LogP contribution in [0.4, 0.5) is 10.2 Å². The number of hydrogen-bond acceptors (Lipinski definition) is 15. The number of anilines is 1. The number of benzene rings is 4. The Morgan fingerprint density at radius 1 is 0.988 bits per heavy atom. The van der Waals surface area contributed by atoms with Crippen molar-refractivity contribution in [1.82, 2.24) is 40.3 Å². The van der Waals surface area contributed by atoms with Crippen molar-refractivity contribution in [3.8, 4) is 33.3 Å². The highest BCUT2D eigenvalue weighted by molar-refractivity contribution is 7.13. The van der Waals surface area contributed by atoms with Gasteiger partial charge in [0, 0.05) is 68.9 Å². The normalized spacial score (nSPS) is 18.3. The highest BCUT2D eigenvalue weighted by atomic mass is 35.5. The molecule has 4 aromatic carbocycles. The lowest BCUT2D eigenvalue weighted by atomic mass is 9.79. The number of fused-ring (bicyclic) bond motifs is 2. The van der Waals surface area contributed by atoms with E-state index in [1.165, 1.54) is 17.0 Å². The predicted molar refractivity (Wildman–Crippen MR) is 320 cm³/mol. The molecule has 0 radical (unpaired) electrons. The van der Waals surface area contributed by atoms with Crippen molar-refractivity contribution in [3.63, 3.8) is 0 Å². The van der Waals surface area contributed by atoms with Gasteiger partial charge in [-0.1, -0.05) is 94.1 Å². The Morgan fingerprint density at radius 2 is 1.73 bits per heavy atom. The number of carbonyl (C=O) groups excluding carboxylic acids is 4. The van der Waals surface area contributed by atoms with Gasteiger partial charge in [0.2, 0.25) is 23.6 Å². The van der Waals surface area contributed by atoms with Gasteiger partial charge in [-0.2, -0.15) is 9.97 Å². The van der Waals surface area contributed by atoms with Gasteiger partial charge in [0.25, 0.3) is 0 Å². The number of likely N-dealkylation sites (tertiary alicyclic amines) is 2. The molecule has 5 heterocycles. The predicted octanol–water partition coefficient (Wildman–Crippen LogP) is 8.61. The van der Waals surface area contributed by atoms with Crippen LogP contribution in [0.2, 0.25) is 5.02 Å². The third-order valence-electron chi connectivity index (χ3n) is 15.7. The Morgan fingerprint density at radius 3 is 2.43 bits per heavy atom. The van der Waals surface area contributed by atoms with Crippen LogP contribution in [0.15, 0.2) is 97.2 Å². The minimum atomic E-state index is -0.873. The van der Waals surface area contributed by atoms with Crippen LogP contribution in [-0.2, 0) is 28.7 Å². The van der Waals surface area contributed by atoms with E-state index < -0.39 is 41.3 Å². The fraction of sp³-hybridized carbons (Fsp3) is 0.435. The lowest BCUT2D eigenvalue weighted by Crippen LogP contribution is -2.52. The summed E-state index contributed by atoms with van der Waals surface area (Å²) in [5.41, 5.74) is 5.10. The molecule has 83 heavy (non-hydrogen) atoms. The number of nitrogens with one attached hydrogen (secondary N) is 2. The standard InChI is InChI=1S/C62H73ClFN9O9S/c1-9-53(77)72-23-22-71(31-36(72)2)58-48-29-50(63)54(47-27-43(74)26-42-12-10-11-13-46(42)47)55(64)56(48)68-61(69-58)82-37(3)32-70-20-18-45(19-21-70)81-25-24-80-34-52(76)65-30-49(62(6,7)8)60(79)73-33-44(75)28-51(73)59(78)67-38(4)40-14-16-41(17-15-40)57-39(5)66-35-83-57/h9-17,26-27,29,35,37-38,44-45,49,51,74-75H,1-2,18-25,28,30-34H2,3-8H3,(H,65,76)(H,67,78)/t37-,38+,44-,49-,51+/m1/s1. The number of aliphatic hydroxyl groups excluding tert-OH is 1. The number of phenols is 1. The number of ether oxygens (including phenoxy) is 3. The quantitative estimate of drug-likeness (QED) is 0.0417. The van der Waals surface area contributed by atoms with Gasteiger partial charge in [-0.15, -0.1) is 11.3 Å². The Balaban J connectivity index is 0.744. The molecule has 2 aromatic heterocycles. The van der Waals surface area contributed by atoms with Crippen LogP contribution in [-0.4, -0.2) is 160 Å². The van der Waals surface area contributed by atoms with Crippen molar-refractivity contribution in [1.29, 1.82) is 0 Å². The molecule has 4 amide bonds. The average molecular weight is 1170 g/mol. The van der Waals surface area contributed by atoms with Crippen molar-refractivity contribution in [2.75, 3.05) is 77.1 Å². The summed E-state index contributed by atoms with van der Waals surface area (Å²) in [5, 5.41) is 29.2. The number of thiazole rings is 1. The van der Waals surface area contributed by atoms with E-state index in [1.54, 1.807) is 28.4 Å². The van der Waals surface area contributed by atoms with E-state index >= 15 is 4.39 Å². The van der Waals surface area contributed by atoms with E-state index in [0.29, 0.717) is 66.0 Å². The first-order valence-corrected chi connectivity index (χ1v) is 29.4. The molecule has 0 spiro atoms. The molecule has 3 saturated heterocycles. The Bertz CT molecular complexity index is 3390. The molecule has 4 N–H and O–H groups in total. The number of piperidine rings is 1. The summed E-state index contributed by atoms with van der Waals surface area (Å²) in [6, 6.07) is 18.7. The van der Waals surface area contributed by atoms with Crippen molar-refractivity contribution in [2.45, 2.75) is 91.2 Å². The van der Waals surface area contributed by atoms with Crippen LogP contribution >= 0.6 is 22.9 Å². The van der Waals surface area contributed by atoms with Crippen molar-refractivity contribution < 1.29 is 48.0 Å². The number of hydrogen-bond donors (Lipinski definition) is 4. The molecule has 440 valence electrons. The van der Waals surface area contributed by atoms with Crippen molar-refractivity contribution >= 4 is 74.1 Å². The van der Waals surface area contributed by atoms with Gasteiger partial charge in [0.05, 0.1) is 65.0 Å². The maximum atomic E-state index is 17.2. The second-order valence-corrected chi connectivity index (χ2v) is 24.0. The van der Waals surface area contributed by atoms with Crippen LogP contribution in [0.25, 0.3) is 43.2 Å². The number of piperazine rings is 1. The molecule has 0 saturated carbocycles. The summed E-state index contributed by atoms with van der Waals surface area (Å²) in [7, 11) is 0. The highest BCUT2D eigenvalue weighted by Crippen LogP contribution is 2.43. The molecule has 3 aliphatic rings. The van der Waals surface area contributed by atoms with Gasteiger partial charge in [-0.3, -0.25) is 24.1 Å². The summed E-state index contributed by atoms with van der Waals surface area (Å²) in [4.78, 5) is 75.7. The first-order chi connectivity index (χ1) is 39.7. The minimum Gasteiger partial charge on any atom is -0.508 e. The van der Waals surface area contributed by atoms with Gasteiger partial charge in [0.1, 0.15) is 35.8 Å². The smallest absolute Gasteiger partial charge is 0.319 e. The Kier molecular flexibility index (Phi) is 19.1. The molecular formula is C62H73ClFN9O9S. The Labute approximate surface area is 492 Å². The molecular weight excluding hydrogens is 1100 g/mol. The van der Waals surface area contributed by atoms with Crippen LogP contribution in [0.3, 0.4) is 0 Å². The number of aliphatic hydroxyl groups is 1. The van der Waals surface area contributed by atoms with E-state index in [2.05, 4.69) is 38.7 Å². The van der Waals surface area contributed by atoms with E-state index in [9.17, 15) is 29.4 Å². The van der Waals surface area contributed by atoms with Gasteiger partial charge < -0.3 is 49.8 Å². The number of carbonyl (C=O) groups is 4. The summed E-state index contributed by atoms with van der Waals surface area (Å²) in [6.45, 7) is 22.3. The molecule has 18 nitrogen and oxygen atoms in total. The fourth-order valence-corrected chi connectivity index (χ4v) is 12.3. The van der Waals surface area contributed by atoms with E-state index in [4.69, 9.17) is 30.8 Å². The number of rotatable bonds is 20. The molecule has 5 atom stereocenters. The third kappa shape index (κ3) is 14.1. The number of amides is 4. The molecule has 9 rings (SSSR count). The third-order valence-corrected chi connectivity index (χ3v) is 17.0. The molecule has 3 fully saturated rings. The van der Waals surface area contributed by atoms with Gasteiger partial charge in [-0.05, 0) is 90.8 Å².